The molecule has 3 aliphatic rings. The number of halogens is 2. The average Bonchev–Trinajstić information content (AvgIpc) is 3.02. The Kier molecular flexibility index (Phi) is 10.9. The molecule has 1 amide bonds. The average molecular weight is 598 g/mol. The van der Waals surface area contributed by atoms with E-state index in [1.165, 1.54) is 22.8 Å². The van der Waals surface area contributed by atoms with E-state index in [0.717, 1.165) is 63.4 Å². The van der Waals surface area contributed by atoms with Crippen molar-refractivity contribution in [3.63, 3.8) is 0 Å². The van der Waals surface area contributed by atoms with E-state index >= 15 is 0 Å². The maximum Gasteiger partial charge on any atom is 0.239 e. The fourth-order valence-electron chi connectivity index (χ4n) is 6.49. The number of likely N-dealkylation sites (tertiary alicyclic amines) is 1. The van der Waals surface area contributed by atoms with Crippen molar-refractivity contribution in [3.05, 3.63) is 70.0 Å². The molecule has 0 unspecified atom stereocenters. The lowest BCUT2D eigenvalue weighted by molar-refractivity contribution is -0.136. The summed E-state index contributed by atoms with van der Waals surface area (Å²) in [5.74, 6) is 0.585. The van der Waals surface area contributed by atoms with Gasteiger partial charge in [-0.1, -0.05) is 29.8 Å². The molecule has 9 heteroatoms. The second-order valence-electron chi connectivity index (χ2n) is 11.7. The predicted molar refractivity (Wildman–Crippen MR) is 167 cm³/mol. The van der Waals surface area contributed by atoms with Crippen molar-refractivity contribution < 1.29 is 13.9 Å². The third-order valence-corrected chi connectivity index (χ3v) is 9.24. The van der Waals surface area contributed by atoms with Crippen molar-refractivity contribution in [2.75, 3.05) is 65.5 Å². The Morgan fingerprint density at radius 1 is 1.12 bits per heavy atom. The van der Waals surface area contributed by atoms with Gasteiger partial charge in [0.15, 0.2) is 0 Å². The zero-order valence-corrected chi connectivity index (χ0v) is 25.6. The Balaban J connectivity index is 1.07. The minimum Gasteiger partial charge on any atom is -0.493 e. The van der Waals surface area contributed by atoms with Gasteiger partial charge in [0.05, 0.1) is 12.6 Å². The van der Waals surface area contributed by atoms with E-state index in [1.807, 2.05) is 24.0 Å². The number of hydrogen-bond donors (Lipinski definition) is 2. The van der Waals surface area contributed by atoms with Crippen LogP contribution < -0.4 is 15.8 Å². The minimum absolute atomic E-state index is 0.0481. The molecule has 2 saturated heterocycles. The zero-order valence-electron chi connectivity index (χ0n) is 24.8. The molecule has 3 heterocycles. The molecule has 0 aromatic heterocycles. The van der Waals surface area contributed by atoms with E-state index < -0.39 is 6.04 Å². The molecule has 0 spiro atoms. The number of benzene rings is 2. The van der Waals surface area contributed by atoms with E-state index in [-0.39, 0.29) is 17.6 Å². The summed E-state index contributed by atoms with van der Waals surface area (Å²) >= 11 is 6.37. The Morgan fingerprint density at radius 2 is 1.90 bits per heavy atom. The molecule has 0 bridgehead atoms. The van der Waals surface area contributed by atoms with Gasteiger partial charge in [0.2, 0.25) is 5.91 Å². The minimum atomic E-state index is -0.472. The maximum atomic E-state index is 14.5. The third-order valence-electron chi connectivity index (χ3n) is 9.00. The number of amides is 1. The lowest BCUT2D eigenvalue weighted by Gasteiger charge is -2.39. The van der Waals surface area contributed by atoms with Crippen molar-refractivity contribution in [3.8, 4) is 5.75 Å². The molecule has 2 aromatic carbocycles. The Labute approximate surface area is 254 Å². The molecule has 0 radical (unpaired) electrons. The van der Waals surface area contributed by atoms with Gasteiger partial charge in [0.25, 0.3) is 0 Å². The number of carbonyl (C=O) groups excluding carboxylic acids is 1. The van der Waals surface area contributed by atoms with Crippen LogP contribution in [0.1, 0.15) is 42.9 Å². The smallest absolute Gasteiger partial charge is 0.239 e. The zero-order chi connectivity index (χ0) is 29.5. The summed E-state index contributed by atoms with van der Waals surface area (Å²) in [5.41, 5.74) is 11.1. The van der Waals surface area contributed by atoms with E-state index in [4.69, 9.17) is 22.1 Å². The number of nitrogens with zero attached hydrogens (tertiary/aromatic N) is 3. The number of hydrogen-bond acceptors (Lipinski definition) is 6. The fourth-order valence-corrected chi connectivity index (χ4v) is 6.69. The molecule has 3 N–H and O–H groups in total. The summed E-state index contributed by atoms with van der Waals surface area (Å²) in [6.45, 7) is 10.3. The molecule has 5 rings (SSSR count). The van der Waals surface area contributed by atoms with Gasteiger partial charge in [-0.25, -0.2) is 4.39 Å². The Bertz CT molecular complexity index is 1240. The van der Waals surface area contributed by atoms with Crippen LogP contribution in [-0.2, 0) is 17.8 Å². The monoisotopic (exact) mass is 597 g/mol. The highest BCUT2D eigenvalue weighted by molar-refractivity contribution is 6.30. The van der Waals surface area contributed by atoms with E-state index in [0.29, 0.717) is 50.6 Å². The van der Waals surface area contributed by atoms with Gasteiger partial charge in [-0.05, 0) is 99.1 Å². The first-order valence-electron chi connectivity index (χ1n) is 15.5. The fraction of sp³-hybridized carbons (Fsp3) is 0.545. The number of ether oxygens (including phenoxy) is 1. The molecule has 42 heavy (non-hydrogen) atoms. The highest BCUT2D eigenvalue weighted by Crippen LogP contribution is 2.27. The van der Waals surface area contributed by atoms with Crippen LogP contribution >= 0.6 is 11.6 Å². The van der Waals surface area contributed by atoms with Crippen LogP contribution in [0.25, 0.3) is 5.57 Å². The van der Waals surface area contributed by atoms with E-state index in [2.05, 4.69) is 33.3 Å². The van der Waals surface area contributed by atoms with Crippen LogP contribution in [0.4, 0.5) is 4.39 Å². The molecule has 7 nitrogen and oxygen atoms in total. The Hall–Kier alpha value is -2.49. The van der Waals surface area contributed by atoms with Crippen LogP contribution in [0.3, 0.4) is 0 Å². The number of nitrogens with two attached hydrogens (primary N) is 1. The van der Waals surface area contributed by atoms with Gasteiger partial charge in [-0.3, -0.25) is 9.69 Å². The summed E-state index contributed by atoms with van der Waals surface area (Å²) in [4.78, 5) is 19.9. The number of piperidine rings is 1. The van der Waals surface area contributed by atoms with Gasteiger partial charge < -0.3 is 25.6 Å². The van der Waals surface area contributed by atoms with Crippen molar-refractivity contribution in [1.82, 2.24) is 20.0 Å². The summed E-state index contributed by atoms with van der Waals surface area (Å²) < 4.78 is 20.2. The second kappa shape index (κ2) is 14.8. The van der Waals surface area contributed by atoms with Crippen LogP contribution in [0.15, 0.2) is 42.5 Å². The molecule has 0 saturated carbocycles. The van der Waals surface area contributed by atoms with Gasteiger partial charge in [0, 0.05) is 56.4 Å². The highest BCUT2D eigenvalue weighted by Gasteiger charge is 2.33. The SMILES string of the molecule is CCOc1cccc(F)c1CN1CCN(C(=O)[C@H](N)C2CCN(CCc3cc(Cl)ccc3C3=CCCNC3)CC2)CC1. The Morgan fingerprint density at radius 3 is 2.62 bits per heavy atom. The maximum absolute atomic E-state index is 14.5. The van der Waals surface area contributed by atoms with Crippen molar-refractivity contribution in [2.45, 2.75) is 45.2 Å². The number of nitrogens with one attached hydrogen (secondary N) is 1. The molecule has 1 atom stereocenters. The van der Waals surface area contributed by atoms with Crippen LogP contribution in [0.2, 0.25) is 5.02 Å². The first-order chi connectivity index (χ1) is 20.4. The molecule has 228 valence electrons. The van der Waals surface area contributed by atoms with Gasteiger partial charge in [-0.2, -0.15) is 0 Å². The third kappa shape index (κ3) is 7.71. The standard InChI is InChI=1S/C33H45ClFN5O2/c1-2-42-31-7-3-6-30(35)29(31)23-39-17-19-40(20-18-39)33(41)32(36)24-10-14-38(15-11-24)16-12-25-21-27(34)8-9-28(25)26-5-4-13-37-22-26/h3,5-9,21,24,32,37H,2,4,10-20,22-23,36H2,1H3/t32-/m1/s1. The molecular weight excluding hydrogens is 553 g/mol. The van der Waals surface area contributed by atoms with Crippen LogP contribution in [0, 0.1) is 11.7 Å². The van der Waals surface area contributed by atoms with Gasteiger partial charge in [0.1, 0.15) is 11.6 Å². The normalized spacial score (nSPS) is 19.9. The van der Waals surface area contributed by atoms with Gasteiger partial charge >= 0.3 is 0 Å². The van der Waals surface area contributed by atoms with Crippen LogP contribution in [0.5, 0.6) is 5.75 Å². The first kappa shape index (κ1) is 31.0. The molecule has 0 aliphatic carbocycles. The topological polar surface area (TPSA) is 74.1 Å². The molecular formula is C33H45ClFN5O2. The number of piperazine rings is 1. The summed E-state index contributed by atoms with van der Waals surface area (Å²) in [6.07, 6.45) is 6.21. The highest BCUT2D eigenvalue weighted by atomic mass is 35.5. The lowest BCUT2D eigenvalue weighted by Crippen LogP contribution is -2.55. The van der Waals surface area contributed by atoms with E-state index in [9.17, 15) is 9.18 Å². The van der Waals surface area contributed by atoms with Crippen molar-refractivity contribution in [1.29, 1.82) is 0 Å². The first-order valence-corrected chi connectivity index (χ1v) is 15.9. The largest absolute Gasteiger partial charge is 0.493 e. The molecule has 3 aliphatic heterocycles. The van der Waals surface area contributed by atoms with E-state index in [1.54, 1.807) is 6.07 Å². The summed E-state index contributed by atoms with van der Waals surface area (Å²) in [5, 5.41) is 4.26. The lowest BCUT2D eigenvalue weighted by atomic mass is 9.88. The van der Waals surface area contributed by atoms with Gasteiger partial charge in [-0.15, -0.1) is 0 Å². The number of rotatable bonds is 10. The van der Waals surface area contributed by atoms with Crippen LogP contribution in [-0.4, -0.2) is 92.2 Å². The quantitative estimate of drug-likeness (QED) is 0.428. The molecule has 2 aromatic rings. The molecule has 2 fully saturated rings. The summed E-state index contributed by atoms with van der Waals surface area (Å²) in [6, 6.07) is 10.8. The predicted octanol–water partition coefficient (Wildman–Crippen LogP) is 4.18. The summed E-state index contributed by atoms with van der Waals surface area (Å²) in [7, 11) is 0. The second-order valence-corrected chi connectivity index (χ2v) is 12.1. The van der Waals surface area contributed by atoms with Crippen molar-refractivity contribution in [2.24, 2.45) is 11.7 Å². The van der Waals surface area contributed by atoms with Crippen molar-refractivity contribution >= 4 is 23.1 Å². The number of carbonyl (C=O) groups is 1.